The molecule has 3 rings (SSSR count). The fraction of sp³-hybridized carbons (Fsp3) is 0.474. The number of piperazine rings is 1. The van der Waals surface area contributed by atoms with Crippen LogP contribution in [0.1, 0.15) is 17.2 Å². The van der Waals surface area contributed by atoms with E-state index in [1.807, 2.05) is 36.1 Å². The van der Waals surface area contributed by atoms with E-state index in [1.165, 1.54) is 11.2 Å². The number of aliphatic hydroxyl groups is 1. The first-order valence-electron chi connectivity index (χ1n) is 9.15. The SMILES string of the molecule is Cc1ccc(C(O)CNc2cc(N3CCN(CC(F)(F)F)CC3)ncn2)cc1. The van der Waals surface area contributed by atoms with Crippen LogP contribution < -0.4 is 10.2 Å². The van der Waals surface area contributed by atoms with Crippen molar-refractivity contribution in [3.8, 4) is 0 Å². The highest BCUT2D eigenvalue weighted by atomic mass is 19.4. The summed E-state index contributed by atoms with van der Waals surface area (Å²) in [6.45, 7) is 3.00. The minimum atomic E-state index is -4.17. The first-order valence-corrected chi connectivity index (χ1v) is 9.15. The number of aliphatic hydroxyl groups excluding tert-OH is 1. The number of nitrogens with one attached hydrogen (secondary N) is 1. The minimum Gasteiger partial charge on any atom is -0.387 e. The van der Waals surface area contributed by atoms with Crippen molar-refractivity contribution in [1.29, 1.82) is 0 Å². The Morgan fingerprint density at radius 3 is 2.43 bits per heavy atom. The summed E-state index contributed by atoms with van der Waals surface area (Å²) in [5, 5.41) is 13.4. The van der Waals surface area contributed by atoms with Gasteiger partial charge in [-0.25, -0.2) is 9.97 Å². The van der Waals surface area contributed by atoms with Crippen LogP contribution in [-0.2, 0) is 0 Å². The predicted octanol–water partition coefficient (Wildman–Crippen LogP) is 2.61. The highest BCUT2D eigenvalue weighted by Gasteiger charge is 2.32. The maximum absolute atomic E-state index is 12.5. The van der Waals surface area contributed by atoms with Crippen LogP contribution in [0.15, 0.2) is 36.7 Å². The molecule has 1 unspecified atom stereocenters. The second-order valence-corrected chi connectivity index (χ2v) is 6.95. The Kier molecular flexibility index (Phi) is 6.35. The van der Waals surface area contributed by atoms with Gasteiger partial charge < -0.3 is 15.3 Å². The van der Waals surface area contributed by atoms with Crippen molar-refractivity contribution < 1.29 is 18.3 Å². The highest BCUT2D eigenvalue weighted by Crippen LogP contribution is 2.21. The van der Waals surface area contributed by atoms with Crippen molar-refractivity contribution in [2.45, 2.75) is 19.2 Å². The summed E-state index contributed by atoms with van der Waals surface area (Å²) >= 11 is 0. The van der Waals surface area contributed by atoms with Crippen LogP contribution in [-0.4, -0.2) is 65.4 Å². The van der Waals surface area contributed by atoms with E-state index in [1.54, 1.807) is 6.07 Å². The molecule has 9 heteroatoms. The standard InChI is InChI=1S/C19H24F3N5O/c1-14-2-4-15(5-3-14)16(28)11-23-17-10-18(25-13-24-17)27-8-6-26(7-9-27)12-19(20,21)22/h2-5,10,13,16,28H,6-9,11-12H2,1H3,(H,23,24,25). The van der Waals surface area contributed by atoms with Gasteiger partial charge in [-0.05, 0) is 12.5 Å². The Labute approximate surface area is 162 Å². The quantitative estimate of drug-likeness (QED) is 0.784. The molecule has 0 radical (unpaired) electrons. The van der Waals surface area contributed by atoms with Crippen LogP contribution in [0, 0.1) is 6.92 Å². The molecule has 2 heterocycles. The van der Waals surface area contributed by atoms with Gasteiger partial charge in [0.15, 0.2) is 0 Å². The van der Waals surface area contributed by atoms with Gasteiger partial charge in [-0.2, -0.15) is 13.2 Å². The predicted molar refractivity (Wildman–Crippen MR) is 101 cm³/mol. The van der Waals surface area contributed by atoms with Gasteiger partial charge in [0.1, 0.15) is 18.0 Å². The molecule has 152 valence electrons. The highest BCUT2D eigenvalue weighted by molar-refractivity contribution is 5.49. The van der Waals surface area contributed by atoms with Gasteiger partial charge in [-0.1, -0.05) is 29.8 Å². The molecule has 0 bridgehead atoms. The maximum Gasteiger partial charge on any atom is 0.401 e. The average Bonchev–Trinajstić information content (AvgIpc) is 2.66. The second-order valence-electron chi connectivity index (χ2n) is 6.95. The van der Waals surface area contributed by atoms with Crippen LogP contribution in [0.2, 0.25) is 0 Å². The number of hydrogen-bond donors (Lipinski definition) is 2. The molecule has 28 heavy (non-hydrogen) atoms. The molecule has 0 aliphatic carbocycles. The van der Waals surface area contributed by atoms with E-state index < -0.39 is 18.8 Å². The normalized spacial score (nSPS) is 16.8. The van der Waals surface area contributed by atoms with Gasteiger partial charge in [-0.15, -0.1) is 0 Å². The number of alkyl halides is 3. The average molecular weight is 395 g/mol. The molecule has 2 aromatic rings. The van der Waals surface area contributed by atoms with Crippen molar-refractivity contribution in [1.82, 2.24) is 14.9 Å². The molecule has 2 N–H and O–H groups in total. The first kappa shape index (κ1) is 20.3. The van der Waals surface area contributed by atoms with Crippen molar-refractivity contribution in [3.05, 3.63) is 47.8 Å². The van der Waals surface area contributed by atoms with Gasteiger partial charge >= 0.3 is 6.18 Å². The maximum atomic E-state index is 12.5. The number of aryl methyl sites for hydroxylation is 1. The van der Waals surface area contributed by atoms with E-state index in [-0.39, 0.29) is 0 Å². The third-order valence-electron chi connectivity index (χ3n) is 4.69. The Morgan fingerprint density at radius 2 is 1.79 bits per heavy atom. The van der Waals surface area contributed by atoms with Crippen LogP contribution >= 0.6 is 0 Å². The number of rotatable bonds is 6. The van der Waals surface area contributed by atoms with Crippen molar-refractivity contribution in [3.63, 3.8) is 0 Å². The van der Waals surface area contributed by atoms with Gasteiger partial charge in [0.05, 0.1) is 12.6 Å². The zero-order valence-corrected chi connectivity index (χ0v) is 15.7. The van der Waals surface area contributed by atoms with E-state index in [4.69, 9.17) is 0 Å². The summed E-state index contributed by atoms with van der Waals surface area (Å²) in [6, 6.07) is 9.40. The number of nitrogens with zero attached hydrogens (tertiary/aromatic N) is 4. The van der Waals surface area contributed by atoms with E-state index in [9.17, 15) is 18.3 Å². The fourth-order valence-electron chi connectivity index (χ4n) is 3.11. The van der Waals surface area contributed by atoms with Crippen LogP contribution in [0.25, 0.3) is 0 Å². The van der Waals surface area contributed by atoms with Gasteiger partial charge in [-0.3, -0.25) is 4.90 Å². The zero-order chi connectivity index (χ0) is 20.1. The number of halogens is 3. The number of benzene rings is 1. The van der Waals surface area contributed by atoms with E-state index >= 15 is 0 Å². The number of anilines is 2. The molecule has 1 aromatic carbocycles. The molecule has 1 aliphatic rings. The lowest BCUT2D eigenvalue weighted by Crippen LogP contribution is -2.49. The van der Waals surface area contributed by atoms with Crippen LogP contribution in [0.4, 0.5) is 24.8 Å². The van der Waals surface area contributed by atoms with E-state index in [0.29, 0.717) is 44.4 Å². The van der Waals surface area contributed by atoms with Crippen molar-refractivity contribution in [2.24, 2.45) is 0 Å². The van der Waals surface area contributed by atoms with Crippen LogP contribution in [0.3, 0.4) is 0 Å². The lowest BCUT2D eigenvalue weighted by atomic mass is 10.1. The number of aromatic nitrogens is 2. The van der Waals surface area contributed by atoms with E-state index in [0.717, 1.165) is 11.1 Å². The van der Waals surface area contributed by atoms with Gasteiger partial charge in [0.25, 0.3) is 0 Å². The second kappa shape index (κ2) is 8.74. The Morgan fingerprint density at radius 1 is 1.11 bits per heavy atom. The molecule has 1 fully saturated rings. The summed E-state index contributed by atoms with van der Waals surface area (Å²) in [6.07, 6.45) is -3.44. The topological polar surface area (TPSA) is 64.5 Å². The van der Waals surface area contributed by atoms with Gasteiger partial charge in [0, 0.05) is 38.8 Å². The van der Waals surface area contributed by atoms with E-state index in [2.05, 4.69) is 15.3 Å². The molecule has 0 spiro atoms. The molecule has 0 saturated carbocycles. The zero-order valence-electron chi connectivity index (χ0n) is 15.7. The smallest absolute Gasteiger partial charge is 0.387 e. The van der Waals surface area contributed by atoms with Crippen LogP contribution in [0.5, 0.6) is 0 Å². The number of hydrogen-bond acceptors (Lipinski definition) is 6. The summed E-state index contributed by atoms with van der Waals surface area (Å²) in [4.78, 5) is 11.7. The largest absolute Gasteiger partial charge is 0.401 e. The lowest BCUT2D eigenvalue weighted by molar-refractivity contribution is -0.146. The monoisotopic (exact) mass is 395 g/mol. The summed E-state index contributed by atoms with van der Waals surface area (Å²) < 4.78 is 37.5. The molecule has 1 saturated heterocycles. The Bertz CT molecular complexity index is 761. The molecule has 1 aliphatic heterocycles. The third kappa shape index (κ3) is 5.80. The summed E-state index contributed by atoms with van der Waals surface area (Å²) in [5.41, 5.74) is 1.94. The lowest BCUT2D eigenvalue weighted by Gasteiger charge is -2.35. The third-order valence-corrected chi connectivity index (χ3v) is 4.69. The Hall–Kier alpha value is -2.39. The molecule has 1 atom stereocenters. The van der Waals surface area contributed by atoms with Crippen molar-refractivity contribution in [2.75, 3.05) is 49.5 Å². The molecule has 0 amide bonds. The van der Waals surface area contributed by atoms with Gasteiger partial charge in [0.2, 0.25) is 0 Å². The summed E-state index contributed by atoms with van der Waals surface area (Å²) in [5.74, 6) is 1.22. The molecule has 1 aromatic heterocycles. The first-order chi connectivity index (χ1) is 13.3. The molecular formula is C19H24F3N5O. The Balaban J connectivity index is 1.53. The minimum absolute atomic E-state index is 0.291. The molecule has 6 nitrogen and oxygen atoms in total. The summed E-state index contributed by atoms with van der Waals surface area (Å²) in [7, 11) is 0. The molecular weight excluding hydrogens is 371 g/mol. The fourth-order valence-corrected chi connectivity index (χ4v) is 3.11. The van der Waals surface area contributed by atoms with Crippen molar-refractivity contribution >= 4 is 11.6 Å².